The second kappa shape index (κ2) is 4.99. The maximum Gasteiger partial charge on any atom is 0.233 e. The number of ether oxygens (including phenoxy) is 1. The lowest BCUT2D eigenvalue weighted by Gasteiger charge is -2.29. The van der Waals surface area contributed by atoms with Crippen LogP contribution in [0.1, 0.15) is 32.6 Å². The average Bonchev–Trinajstić information content (AvgIpc) is 2.27. The van der Waals surface area contributed by atoms with Gasteiger partial charge in [-0.05, 0) is 41.1 Å². The van der Waals surface area contributed by atoms with Crippen molar-refractivity contribution in [1.82, 2.24) is 9.97 Å². The van der Waals surface area contributed by atoms with Crippen molar-refractivity contribution in [3.05, 3.63) is 10.7 Å². The Balaban J connectivity index is 2.10. The molecule has 16 heavy (non-hydrogen) atoms. The van der Waals surface area contributed by atoms with E-state index in [2.05, 4.69) is 32.8 Å². The zero-order valence-corrected chi connectivity index (χ0v) is 10.9. The van der Waals surface area contributed by atoms with E-state index in [4.69, 9.17) is 10.5 Å². The molecule has 2 N–H and O–H groups in total. The molecule has 2 atom stereocenters. The van der Waals surface area contributed by atoms with E-state index in [-0.39, 0.29) is 12.1 Å². The van der Waals surface area contributed by atoms with E-state index < -0.39 is 0 Å². The number of nitrogens with two attached hydrogens (primary N) is 1. The predicted octanol–water partition coefficient (Wildman–Crippen LogP) is 2.78. The Morgan fingerprint density at radius 1 is 1.44 bits per heavy atom. The highest BCUT2D eigenvalue weighted by Crippen LogP contribution is 2.30. The van der Waals surface area contributed by atoms with Crippen molar-refractivity contribution in [2.75, 3.05) is 5.73 Å². The molecule has 2 rings (SSSR count). The van der Waals surface area contributed by atoms with E-state index in [1.54, 1.807) is 6.20 Å². The average molecular weight is 286 g/mol. The number of nitrogen functional groups attached to an aromatic ring is 1. The second-order valence-corrected chi connectivity index (χ2v) is 5.15. The number of aromatic nitrogens is 2. The van der Waals surface area contributed by atoms with Crippen molar-refractivity contribution in [3.8, 4) is 5.88 Å². The lowest BCUT2D eigenvalue weighted by molar-refractivity contribution is 0.0967. The molecule has 0 saturated heterocycles. The van der Waals surface area contributed by atoms with Crippen LogP contribution in [0.5, 0.6) is 5.88 Å². The number of hydrogen-bond acceptors (Lipinski definition) is 4. The number of hydrogen-bond donors (Lipinski definition) is 1. The van der Waals surface area contributed by atoms with Gasteiger partial charge in [0.25, 0.3) is 0 Å². The van der Waals surface area contributed by atoms with Crippen molar-refractivity contribution in [2.24, 2.45) is 5.92 Å². The van der Waals surface area contributed by atoms with E-state index >= 15 is 0 Å². The third-order valence-corrected chi connectivity index (χ3v) is 3.57. The third kappa shape index (κ3) is 2.64. The van der Waals surface area contributed by atoms with Crippen molar-refractivity contribution >= 4 is 21.9 Å². The van der Waals surface area contributed by atoms with Crippen LogP contribution < -0.4 is 10.5 Å². The molecule has 5 heteroatoms. The molecule has 0 radical (unpaired) electrons. The van der Waals surface area contributed by atoms with Crippen LogP contribution in [0.2, 0.25) is 0 Å². The highest BCUT2D eigenvalue weighted by atomic mass is 79.9. The van der Waals surface area contributed by atoms with Gasteiger partial charge in [0, 0.05) is 0 Å². The first kappa shape index (κ1) is 11.6. The topological polar surface area (TPSA) is 61.0 Å². The normalized spacial score (nSPS) is 25.4. The van der Waals surface area contributed by atoms with Gasteiger partial charge in [0.2, 0.25) is 11.8 Å². The molecule has 1 aromatic rings. The minimum atomic E-state index is 0.249. The van der Waals surface area contributed by atoms with E-state index in [1.807, 2.05) is 0 Å². The van der Waals surface area contributed by atoms with Gasteiger partial charge in [-0.25, -0.2) is 4.98 Å². The maximum absolute atomic E-state index is 5.90. The molecule has 88 valence electrons. The van der Waals surface area contributed by atoms with Gasteiger partial charge in [0.1, 0.15) is 6.10 Å². The van der Waals surface area contributed by atoms with Gasteiger partial charge in [-0.1, -0.05) is 13.3 Å². The molecule has 1 aliphatic rings. The first-order valence-electron chi connectivity index (χ1n) is 5.61. The van der Waals surface area contributed by atoms with Crippen LogP contribution in [0.25, 0.3) is 0 Å². The summed E-state index contributed by atoms with van der Waals surface area (Å²) in [5.74, 6) is 1.39. The summed E-state index contributed by atoms with van der Waals surface area (Å²) in [6, 6.07) is 0. The standard InChI is InChI=1S/C11H16BrN3O/c1-7-4-2-3-5-9(7)16-10-8(12)6-14-11(13)15-10/h6-7,9H,2-5H2,1H3,(H2,13,14,15). The van der Waals surface area contributed by atoms with Gasteiger partial charge in [0.05, 0.1) is 10.7 Å². The largest absolute Gasteiger partial charge is 0.473 e. The molecule has 1 aromatic heterocycles. The Kier molecular flexibility index (Phi) is 3.63. The van der Waals surface area contributed by atoms with Crippen LogP contribution in [-0.2, 0) is 0 Å². The van der Waals surface area contributed by atoms with Crippen LogP contribution >= 0.6 is 15.9 Å². The molecule has 1 aliphatic carbocycles. The SMILES string of the molecule is CC1CCCCC1Oc1nc(N)ncc1Br. The van der Waals surface area contributed by atoms with Crippen LogP contribution in [0.3, 0.4) is 0 Å². The van der Waals surface area contributed by atoms with E-state index in [9.17, 15) is 0 Å². The smallest absolute Gasteiger partial charge is 0.233 e. The molecule has 0 aliphatic heterocycles. The number of rotatable bonds is 2. The predicted molar refractivity (Wildman–Crippen MR) is 66.2 cm³/mol. The first-order chi connectivity index (χ1) is 7.66. The summed E-state index contributed by atoms with van der Waals surface area (Å²) < 4.78 is 6.66. The summed E-state index contributed by atoms with van der Waals surface area (Å²) in [5.41, 5.74) is 5.54. The van der Waals surface area contributed by atoms with Gasteiger partial charge < -0.3 is 10.5 Å². The fourth-order valence-corrected chi connectivity index (χ4v) is 2.33. The molecule has 1 heterocycles. The minimum absolute atomic E-state index is 0.249. The number of nitrogens with zero attached hydrogens (tertiary/aromatic N) is 2. The Bertz CT molecular complexity index is 372. The molecule has 1 fully saturated rings. The minimum Gasteiger partial charge on any atom is -0.473 e. The highest BCUT2D eigenvalue weighted by molar-refractivity contribution is 9.10. The molecule has 4 nitrogen and oxygen atoms in total. The van der Waals surface area contributed by atoms with Gasteiger partial charge in [0.15, 0.2) is 0 Å². The molecule has 0 bridgehead atoms. The van der Waals surface area contributed by atoms with Crippen LogP contribution in [0.4, 0.5) is 5.95 Å². The number of halogens is 1. The molecular weight excluding hydrogens is 270 g/mol. The highest BCUT2D eigenvalue weighted by Gasteiger charge is 2.24. The summed E-state index contributed by atoms with van der Waals surface area (Å²) in [6.07, 6.45) is 6.73. The van der Waals surface area contributed by atoms with Crippen molar-refractivity contribution in [2.45, 2.75) is 38.7 Å². The second-order valence-electron chi connectivity index (χ2n) is 4.30. The van der Waals surface area contributed by atoms with Gasteiger partial charge in [-0.2, -0.15) is 4.98 Å². The molecule has 1 saturated carbocycles. The lowest BCUT2D eigenvalue weighted by Crippen LogP contribution is -2.28. The molecular formula is C11H16BrN3O. The quantitative estimate of drug-likeness (QED) is 0.908. The van der Waals surface area contributed by atoms with E-state index in [0.29, 0.717) is 11.8 Å². The van der Waals surface area contributed by atoms with Crippen molar-refractivity contribution in [3.63, 3.8) is 0 Å². The summed E-state index contributed by atoms with van der Waals surface area (Å²) in [5, 5.41) is 0. The summed E-state index contributed by atoms with van der Waals surface area (Å²) in [4.78, 5) is 7.99. The van der Waals surface area contributed by atoms with Gasteiger partial charge in [-0.3, -0.25) is 0 Å². The fourth-order valence-electron chi connectivity index (χ4n) is 2.05. The maximum atomic E-state index is 5.90. The van der Waals surface area contributed by atoms with E-state index in [1.165, 1.54) is 19.3 Å². The third-order valence-electron chi connectivity index (χ3n) is 3.03. The van der Waals surface area contributed by atoms with Crippen LogP contribution in [-0.4, -0.2) is 16.1 Å². The van der Waals surface area contributed by atoms with Crippen molar-refractivity contribution in [1.29, 1.82) is 0 Å². The van der Waals surface area contributed by atoms with Crippen LogP contribution in [0, 0.1) is 5.92 Å². The zero-order chi connectivity index (χ0) is 11.5. The molecule has 0 spiro atoms. The summed E-state index contributed by atoms with van der Waals surface area (Å²) >= 11 is 3.37. The molecule has 2 unspecified atom stereocenters. The van der Waals surface area contributed by atoms with E-state index in [0.717, 1.165) is 10.9 Å². The molecule has 0 aromatic carbocycles. The monoisotopic (exact) mass is 285 g/mol. The Morgan fingerprint density at radius 2 is 2.19 bits per heavy atom. The first-order valence-corrected chi connectivity index (χ1v) is 6.41. The van der Waals surface area contributed by atoms with Crippen molar-refractivity contribution < 1.29 is 4.74 Å². The fraction of sp³-hybridized carbons (Fsp3) is 0.636. The van der Waals surface area contributed by atoms with Crippen LogP contribution in [0.15, 0.2) is 10.7 Å². The zero-order valence-electron chi connectivity index (χ0n) is 9.32. The summed E-state index contributed by atoms with van der Waals surface area (Å²) in [7, 11) is 0. The Hall–Kier alpha value is -0.840. The summed E-state index contributed by atoms with van der Waals surface area (Å²) in [6.45, 7) is 2.22. The Labute approximate surface area is 104 Å². The number of anilines is 1. The molecule has 0 amide bonds. The Morgan fingerprint density at radius 3 is 2.94 bits per heavy atom. The lowest BCUT2D eigenvalue weighted by atomic mass is 9.88. The van der Waals surface area contributed by atoms with Gasteiger partial charge >= 0.3 is 0 Å². The van der Waals surface area contributed by atoms with Gasteiger partial charge in [-0.15, -0.1) is 0 Å².